The number of aromatic nitrogens is 5. The van der Waals surface area contributed by atoms with Crippen LogP contribution in [0.1, 0.15) is 137 Å². The second kappa shape index (κ2) is 19.5. The highest BCUT2D eigenvalue weighted by Crippen LogP contribution is 2.36. The zero-order valence-corrected chi connectivity index (χ0v) is 33.1. The standard InChI is InChI=1S/C39H59N9O4S/c1-7-18-48(39(51)34(25(6)9-3)43-36(49)30-16-12-13-17-40-30)32(24(4)5)22-33(52-19-8-2)38-42-31(23-53-38)37(50)41-27-20-26-14-10-11-15-28(26)29(21-27)35-44-46-47-45-35/h10-11,14-15,23-25,27,29-30,32-34,40H,7-9,12-13,16-22H2,1-6H3,(H,41,50)(H,43,49)(H,44,45,46,47)/t25-,27-,29+,30+,32+,33+,34-/m0/s1. The molecule has 0 bridgehead atoms. The monoisotopic (exact) mass is 749 g/mol. The molecule has 4 N–H and O–H groups in total. The van der Waals surface area contributed by atoms with E-state index >= 15 is 0 Å². The molecular weight excluding hydrogens is 691 g/mol. The number of nitrogens with one attached hydrogen (secondary N) is 4. The normalized spacial score (nSPS) is 20.9. The van der Waals surface area contributed by atoms with E-state index in [4.69, 9.17) is 9.72 Å². The van der Waals surface area contributed by atoms with Gasteiger partial charge in [0.2, 0.25) is 11.8 Å². The van der Waals surface area contributed by atoms with Gasteiger partial charge in [0.25, 0.3) is 5.91 Å². The summed E-state index contributed by atoms with van der Waals surface area (Å²) in [5, 5.41) is 27.1. The Morgan fingerprint density at radius 2 is 1.91 bits per heavy atom. The number of thiazole rings is 1. The van der Waals surface area contributed by atoms with E-state index in [1.54, 1.807) is 5.38 Å². The topological polar surface area (TPSA) is 167 Å². The van der Waals surface area contributed by atoms with Gasteiger partial charge in [-0.2, -0.15) is 5.21 Å². The van der Waals surface area contributed by atoms with Crippen molar-refractivity contribution in [2.45, 2.75) is 136 Å². The van der Waals surface area contributed by atoms with E-state index in [0.717, 1.165) is 56.2 Å². The third-order valence-electron chi connectivity index (χ3n) is 10.8. The van der Waals surface area contributed by atoms with Crippen molar-refractivity contribution in [1.29, 1.82) is 0 Å². The van der Waals surface area contributed by atoms with E-state index in [0.29, 0.717) is 48.9 Å². The molecule has 0 spiro atoms. The van der Waals surface area contributed by atoms with Gasteiger partial charge in [-0.3, -0.25) is 14.4 Å². The molecule has 1 fully saturated rings. The van der Waals surface area contributed by atoms with Gasteiger partial charge in [-0.25, -0.2) is 4.98 Å². The number of carbonyl (C=O) groups is 3. The molecule has 53 heavy (non-hydrogen) atoms. The van der Waals surface area contributed by atoms with Crippen LogP contribution in [0.5, 0.6) is 0 Å². The average Bonchev–Trinajstić information content (AvgIpc) is 3.90. The highest BCUT2D eigenvalue weighted by Gasteiger charge is 2.38. The molecule has 14 heteroatoms. The number of H-pyrrole nitrogens is 1. The van der Waals surface area contributed by atoms with Crippen molar-refractivity contribution in [2.75, 3.05) is 19.7 Å². The van der Waals surface area contributed by atoms with Gasteiger partial charge in [-0.1, -0.05) is 83.9 Å². The van der Waals surface area contributed by atoms with Gasteiger partial charge in [-0.05, 0) is 68.0 Å². The number of hydrogen-bond donors (Lipinski definition) is 4. The lowest BCUT2D eigenvalue weighted by molar-refractivity contribution is -0.142. The molecule has 3 aromatic rings. The SMILES string of the molecule is CCCO[C@H](C[C@H](C(C)C)N(CCC)C(=O)[C@@H](NC(=O)[C@H]1CCCCN1)[C@@H](C)CC)c1nc(C(=O)N[C@H]2Cc3ccccc3[C@H](c3nn[nH]n3)C2)cs1. The summed E-state index contributed by atoms with van der Waals surface area (Å²) in [5.74, 6) is 0.219. The molecule has 13 nitrogen and oxygen atoms in total. The fourth-order valence-corrected chi connectivity index (χ4v) is 8.50. The third-order valence-corrected chi connectivity index (χ3v) is 11.7. The van der Waals surface area contributed by atoms with Crippen LogP contribution in [0.15, 0.2) is 29.6 Å². The minimum atomic E-state index is -0.624. The first-order valence-electron chi connectivity index (χ1n) is 19.7. The zero-order chi connectivity index (χ0) is 37.9. The van der Waals surface area contributed by atoms with Crippen LogP contribution in [0.4, 0.5) is 0 Å². The zero-order valence-electron chi connectivity index (χ0n) is 32.3. The van der Waals surface area contributed by atoms with Crippen LogP contribution in [-0.4, -0.2) is 92.1 Å². The number of fused-ring (bicyclic) bond motifs is 1. The molecule has 2 aliphatic rings. The first-order valence-corrected chi connectivity index (χ1v) is 20.6. The van der Waals surface area contributed by atoms with E-state index in [-0.39, 0.29) is 53.6 Å². The summed E-state index contributed by atoms with van der Waals surface area (Å²) in [6.45, 7) is 14.4. The Kier molecular flexibility index (Phi) is 14.9. The molecule has 0 saturated carbocycles. The van der Waals surface area contributed by atoms with Gasteiger partial charge in [0.1, 0.15) is 22.8 Å². The van der Waals surface area contributed by atoms with Crippen molar-refractivity contribution < 1.29 is 19.1 Å². The summed E-state index contributed by atoms with van der Waals surface area (Å²) in [5.41, 5.74) is 2.65. The fourth-order valence-electron chi connectivity index (χ4n) is 7.64. The minimum absolute atomic E-state index is 0.0329. The molecule has 0 radical (unpaired) electrons. The van der Waals surface area contributed by atoms with Gasteiger partial charge in [0.15, 0.2) is 5.82 Å². The van der Waals surface area contributed by atoms with Crippen LogP contribution < -0.4 is 16.0 Å². The Hall–Kier alpha value is -3.75. The molecule has 0 unspecified atom stereocenters. The lowest BCUT2D eigenvalue weighted by Crippen LogP contribution is -2.58. The van der Waals surface area contributed by atoms with Crippen molar-refractivity contribution in [3.05, 3.63) is 57.3 Å². The highest BCUT2D eigenvalue weighted by atomic mass is 32.1. The number of aromatic amines is 1. The van der Waals surface area contributed by atoms with E-state index in [9.17, 15) is 14.4 Å². The largest absolute Gasteiger partial charge is 0.371 e. The fraction of sp³-hybridized carbons (Fsp3) is 0.667. The van der Waals surface area contributed by atoms with Crippen LogP contribution >= 0.6 is 11.3 Å². The molecular formula is C39H59N9O4S. The lowest BCUT2D eigenvalue weighted by atomic mass is 9.79. The lowest BCUT2D eigenvalue weighted by Gasteiger charge is -2.39. The number of amides is 3. The molecule has 1 aliphatic heterocycles. The molecule has 1 aromatic carbocycles. The van der Waals surface area contributed by atoms with Gasteiger partial charge in [0, 0.05) is 37.0 Å². The number of hydrogen-bond acceptors (Lipinski definition) is 10. The van der Waals surface area contributed by atoms with Crippen molar-refractivity contribution in [3.63, 3.8) is 0 Å². The Balaban J connectivity index is 1.32. The Labute approximate surface area is 318 Å². The molecule has 1 aliphatic carbocycles. The average molecular weight is 750 g/mol. The van der Waals surface area contributed by atoms with Crippen LogP contribution in [0.2, 0.25) is 0 Å². The molecule has 3 amide bonds. The predicted octanol–water partition coefficient (Wildman–Crippen LogP) is 5.33. The van der Waals surface area contributed by atoms with E-state index in [1.165, 1.54) is 11.3 Å². The highest BCUT2D eigenvalue weighted by molar-refractivity contribution is 7.09. The smallest absolute Gasteiger partial charge is 0.270 e. The number of nitrogens with zero attached hydrogens (tertiary/aromatic N) is 5. The van der Waals surface area contributed by atoms with Crippen LogP contribution in [-0.2, 0) is 20.7 Å². The maximum atomic E-state index is 14.6. The number of carbonyl (C=O) groups excluding carboxylic acids is 3. The number of tetrazole rings is 1. The van der Waals surface area contributed by atoms with Crippen molar-refractivity contribution in [2.24, 2.45) is 11.8 Å². The first-order chi connectivity index (χ1) is 25.6. The molecule has 2 aromatic heterocycles. The Bertz CT molecular complexity index is 1610. The van der Waals surface area contributed by atoms with Crippen molar-refractivity contribution in [3.8, 4) is 0 Å². The summed E-state index contributed by atoms with van der Waals surface area (Å²) < 4.78 is 6.45. The van der Waals surface area contributed by atoms with Gasteiger partial charge >= 0.3 is 0 Å². The van der Waals surface area contributed by atoms with E-state index < -0.39 is 12.1 Å². The minimum Gasteiger partial charge on any atom is -0.371 e. The van der Waals surface area contributed by atoms with Crippen LogP contribution in [0, 0.1) is 11.8 Å². The Morgan fingerprint density at radius 1 is 1.09 bits per heavy atom. The van der Waals surface area contributed by atoms with Crippen LogP contribution in [0.25, 0.3) is 0 Å². The molecule has 3 heterocycles. The van der Waals surface area contributed by atoms with E-state index in [2.05, 4.69) is 83.3 Å². The molecule has 1 saturated heterocycles. The second-order valence-corrected chi connectivity index (χ2v) is 15.9. The number of ether oxygens (including phenoxy) is 1. The van der Waals surface area contributed by atoms with Gasteiger partial charge in [-0.15, -0.1) is 21.5 Å². The van der Waals surface area contributed by atoms with Crippen molar-refractivity contribution >= 4 is 29.1 Å². The number of piperidine rings is 1. The number of benzene rings is 1. The maximum absolute atomic E-state index is 14.6. The van der Waals surface area contributed by atoms with E-state index in [1.807, 2.05) is 24.0 Å². The van der Waals surface area contributed by atoms with Crippen molar-refractivity contribution in [1.82, 2.24) is 46.5 Å². The van der Waals surface area contributed by atoms with Gasteiger partial charge < -0.3 is 25.6 Å². The Morgan fingerprint density at radius 3 is 2.58 bits per heavy atom. The molecule has 7 atom stereocenters. The molecule has 5 rings (SSSR count). The first kappa shape index (κ1) is 40.4. The summed E-state index contributed by atoms with van der Waals surface area (Å²) in [4.78, 5) is 48.5. The summed E-state index contributed by atoms with van der Waals surface area (Å²) in [6, 6.07) is 6.99. The summed E-state index contributed by atoms with van der Waals surface area (Å²) >= 11 is 1.42. The predicted molar refractivity (Wildman–Crippen MR) is 205 cm³/mol. The number of rotatable bonds is 18. The molecule has 290 valence electrons. The van der Waals surface area contributed by atoms with Crippen LogP contribution in [0.3, 0.4) is 0 Å². The summed E-state index contributed by atoms with van der Waals surface area (Å²) in [6.07, 6.45) is 6.66. The quantitative estimate of drug-likeness (QED) is 0.135. The van der Waals surface area contributed by atoms with Gasteiger partial charge in [0.05, 0.1) is 12.0 Å². The third kappa shape index (κ3) is 10.3. The summed E-state index contributed by atoms with van der Waals surface area (Å²) in [7, 11) is 0. The maximum Gasteiger partial charge on any atom is 0.270 e. The second-order valence-electron chi connectivity index (χ2n) is 15.0.